The highest BCUT2D eigenvalue weighted by Crippen LogP contribution is 2.29. The first-order valence-corrected chi connectivity index (χ1v) is 6.37. The fourth-order valence-electron chi connectivity index (χ4n) is 1.15. The maximum absolute atomic E-state index is 12.4. The van der Waals surface area contributed by atoms with Gasteiger partial charge in [0.15, 0.2) is 0 Å². The second kappa shape index (κ2) is 6.13. The summed E-state index contributed by atoms with van der Waals surface area (Å²) in [5, 5.41) is 8.16. The molecule has 6 nitrogen and oxygen atoms in total. The molecular formula is C9H14F3N5OS. The van der Waals surface area contributed by atoms with Gasteiger partial charge in [-0.25, -0.2) is 4.68 Å². The lowest BCUT2D eigenvalue weighted by Gasteiger charge is -2.11. The van der Waals surface area contributed by atoms with Crippen molar-refractivity contribution < 1.29 is 18.0 Å². The standard InChI is InChI=1S/C9H14F3N5OS/c1-3-4-14-6(18)5(2)19-8-16-15-7(17(8)13)9(10,11)12/h5H,3-4,13H2,1-2H3,(H,14,18)/t5-/m0/s1. The van der Waals surface area contributed by atoms with Gasteiger partial charge in [0, 0.05) is 6.54 Å². The summed E-state index contributed by atoms with van der Waals surface area (Å²) in [6, 6.07) is 0. The number of nitrogens with two attached hydrogens (primary N) is 1. The molecule has 0 bridgehead atoms. The minimum Gasteiger partial charge on any atom is -0.355 e. The molecule has 3 N–H and O–H groups in total. The van der Waals surface area contributed by atoms with Crippen molar-refractivity contribution in [3.05, 3.63) is 5.82 Å². The van der Waals surface area contributed by atoms with Crippen LogP contribution in [0.15, 0.2) is 5.16 Å². The molecule has 10 heteroatoms. The third kappa shape index (κ3) is 4.01. The number of thioether (sulfide) groups is 1. The van der Waals surface area contributed by atoms with Crippen molar-refractivity contribution in [3.8, 4) is 0 Å². The zero-order valence-corrected chi connectivity index (χ0v) is 11.2. The van der Waals surface area contributed by atoms with E-state index in [9.17, 15) is 18.0 Å². The minimum atomic E-state index is -4.67. The Bertz CT molecular complexity index is 448. The molecule has 108 valence electrons. The van der Waals surface area contributed by atoms with Crippen LogP contribution in [0.5, 0.6) is 0 Å². The Morgan fingerprint density at radius 2 is 2.16 bits per heavy atom. The summed E-state index contributed by atoms with van der Waals surface area (Å²) < 4.78 is 37.6. The molecule has 19 heavy (non-hydrogen) atoms. The highest BCUT2D eigenvalue weighted by atomic mass is 32.2. The summed E-state index contributed by atoms with van der Waals surface area (Å²) in [7, 11) is 0. The fraction of sp³-hybridized carbons (Fsp3) is 0.667. The van der Waals surface area contributed by atoms with E-state index in [4.69, 9.17) is 5.84 Å². The average molecular weight is 297 g/mol. The molecule has 0 fully saturated rings. The third-order valence-corrected chi connectivity index (χ3v) is 3.18. The predicted molar refractivity (Wildman–Crippen MR) is 63.8 cm³/mol. The van der Waals surface area contributed by atoms with Crippen LogP contribution >= 0.6 is 11.8 Å². The zero-order chi connectivity index (χ0) is 14.6. The lowest BCUT2D eigenvalue weighted by atomic mass is 10.4. The minimum absolute atomic E-state index is 0.161. The Labute approximate surface area is 111 Å². The number of alkyl halides is 3. The molecule has 0 aromatic carbocycles. The summed E-state index contributed by atoms with van der Waals surface area (Å²) in [6.45, 7) is 3.95. The highest BCUT2D eigenvalue weighted by Gasteiger charge is 2.38. The molecule has 1 aromatic heterocycles. The lowest BCUT2D eigenvalue weighted by molar-refractivity contribution is -0.146. The van der Waals surface area contributed by atoms with E-state index < -0.39 is 17.3 Å². The summed E-state index contributed by atoms with van der Waals surface area (Å²) in [4.78, 5) is 11.6. The lowest BCUT2D eigenvalue weighted by Crippen LogP contribution is -2.32. The number of carbonyl (C=O) groups is 1. The molecule has 0 radical (unpaired) electrons. The van der Waals surface area contributed by atoms with Gasteiger partial charge < -0.3 is 11.2 Å². The number of rotatable bonds is 5. The first-order chi connectivity index (χ1) is 8.77. The Morgan fingerprint density at radius 3 is 2.63 bits per heavy atom. The number of hydrogen-bond donors (Lipinski definition) is 2. The van der Waals surface area contributed by atoms with Gasteiger partial charge >= 0.3 is 6.18 Å². The normalized spacial score (nSPS) is 13.3. The summed E-state index contributed by atoms with van der Waals surface area (Å²) in [6.07, 6.45) is -3.90. The molecule has 0 saturated carbocycles. The maximum Gasteiger partial charge on any atom is 0.453 e. The molecule has 1 aromatic rings. The van der Waals surface area contributed by atoms with E-state index in [1.807, 2.05) is 6.92 Å². The second-order valence-electron chi connectivity index (χ2n) is 3.73. The van der Waals surface area contributed by atoms with Gasteiger partial charge in [0.2, 0.25) is 11.1 Å². The number of carbonyl (C=O) groups excluding carboxylic acids is 1. The van der Waals surface area contributed by atoms with Gasteiger partial charge in [-0.15, -0.1) is 10.2 Å². The summed E-state index contributed by atoms with van der Waals surface area (Å²) >= 11 is 0.818. The number of amides is 1. The number of nitrogens with zero attached hydrogens (tertiary/aromatic N) is 3. The van der Waals surface area contributed by atoms with E-state index in [-0.39, 0.29) is 11.1 Å². The number of halogens is 3. The topological polar surface area (TPSA) is 85.8 Å². The molecule has 1 amide bonds. The Kier molecular flexibility index (Phi) is 5.04. The van der Waals surface area contributed by atoms with Gasteiger partial charge in [-0.05, 0) is 13.3 Å². The van der Waals surface area contributed by atoms with E-state index in [1.165, 1.54) is 0 Å². The molecule has 1 rings (SSSR count). The van der Waals surface area contributed by atoms with E-state index in [2.05, 4.69) is 15.5 Å². The van der Waals surface area contributed by atoms with Crippen molar-refractivity contribution in [1.29, 1.82) is 0 Å². The molecule has 0 spiro atoms. The molecule has 1 heterocycles. The highest BCUT2D eigenvalue weighted by molar-refractivity contribution is 8.00. The van der Waals surface area contributed by atoms with Crippen molar-refractivity contribution in [2.45, 2.75) is 36.9 Å². The van der Waals surface area contributed by atoms with Crippen molar-refractivity contribution in [2.75, 3.05) is 12.4 Å². The number of nitrogens with one attached hydrogen (secondary N) is 1. The smallest absolute Gasteiger partial charge is 0.355 e. The van der Waals surface area contributed by atoms with Crippen LogP contribution in [0, 0.1) is 0 Å². The van der Waals surface area contributed by atoms with Gasteiger partial charge in [0.25, 0.3) is 5.82 Å². The van der Waals surface area contributed by atoms with Gasteiger partial charge in [-0.2, -0.15) is 13.2 Å². The quantitative estimate of drug-likeness (QED) is 0.626. The fourth-order valence-corrected chi connectivity index (χ4v) is 1.95. The van der Waals surface area contributed by atoms with Crippen molar-refractivity contribution in [2.24, 2.45) is 0 Å². The van der Waals surface area contributed by atoms with Crippen LogP contribution in [0.3, 0.4) is 0 Å². The van der Waals surface area contributed by atoms with Crippen LogP contribution in [-0.4, -0.2) is 32.6 Å². The molecule has 0 aliphatic heterocycles. The van der Waals surface area contributed by atoms with Gasteiger partial charge in [0.05, 0.1) is 5.25 Å². The zero-order valence-electron chi connectivity index (χ0n) is 10.4. The van der Waals surface area contributed by atoms with Crippen LogP contribution in [0.2, 0.25) is 0 Å². The first-order valence-electron chi connectivity index (χ1n) is 5.49. The Balaban J connectivity index is 2.73. The van der Waals surface area contributed by atoms with Crippen molar-refractivity contribution >= 4 is 17.7 Å². The van der Waals surface area contributed by atoms with E-state index >= 15 is 0 Å². The van der Waals surface area contributed by atoms with Crippen LogP contribution in [0.4, 0.5) is 13.2 Å². The van der Waals surface area contributed by atoms with Crippen LogP contribution in [0.1, 0.15) is 26.1 Å². The van der Waals surface area contributed by atoms with Gasteiger partial charge in [-0.3, -0.25) is 4.79 Å². The van der Waals surface area contributed by atoms with E-state index in [0.717, 1.165) is 18.2 Å². The summed E-state index contributed by atoms with van der Waals surface area (Å²) in [5.41, 5.74) is 0. The SMILES string of the molecule is CCCNC(=O)[C@H](C)Sc1nnc(C(F)(F)F)n1N. The maximum atomic E-state index is 12.4. The molecular weight excluding hydrogens is 283 g/mol. The van der Waals surface area contributed by atoms with Gasteiger partial charge in [0.1, 0.15) is 0 Å². The molecule has 0 saturated heterocycles. The monoisotopic (exact) mass is 297 g/mol. The average Bonchev–Trinajstić information content (AvgIpc) is 2.67. The molecule has 0 unspecified atom stereocenters. The predicted octanol–water partition coefficient (Wildman–Crippen LogP) is 1.02. The largest absolute Gasteiger partial charge is 0.453 e. The summed E-state index contributed by atoms with van der Waals surface area (Å²) in [5.74, 6) is 3.67. The third-order valence-electron chi connectivity index (χ3n) is 2.12. The second-order valence-corrected chi connectivity index (χ2v) is 5.03. The number of nitrogen functional groups attached to an aromatic ring is 1. The molecule has 0 aliphatic rings. The van der Waals surface area contributed by atoms with Crippen LogP contribution in [0.25, 0.3) is 0 Å². The van der Waals surface area contributed by atoms with E-state index in [1.54, 1.807) is 6.92 Å². The van der Waals surface area contributed by atoms with Crippen LogP contribution < -0.4 is 11.2 Å². The Morgan fingerprint density at radius 1 is 1.53 bits per heavy atom. The van der Waals surface area contributed by atoms with Crippen molar-refractivity contribution in [3.63, 3.8) is 0 Å². The molecule has 1 atom stereocenters. The first kappa shape index (κ1) is 15.6. The van der Waals surface area contributed by atoms with Gasteiger partial charge in [-0.1, -0.05) is 18.7 Å². The molecule has 0 aliphatic carbocycles. The van der Waals surface area contributed by atoms with Crippen molar-refractivity contribution in [1.82, 2.24) is 20.2 Å². The number of aromatic nitrogens is 3. The number of hydrogen-bond acceptors (Lipinski definition) is 5. The van der Waals surface area contributed by atoms with E-state index in [0.29, 0.717) is 11.2 Å². The van der Waals surface area contributed by atoms with Crippen LogP contribution in [-0.2, 0) is 11.0 Å². The Hall–Kier alpha value is -1.45.